The normalized spacial score (nSPS) is 10.9. The van der Waals surface area contributed by atoms with Gasteiger partial charge in [0.1, 0.15) is 0 Å². The summed E-state index contributed by atoms with van der Waals surface area (Å²) in [6.07, 6.45) is 2.26. The zero-order valence-corrected chi connectivity index (χ0v) is 16.1. The van der Waals surface area contributed by atoms with Gasteiger partial charge in [0.2, 0.25) is 4.77 Å². The number of nitrogens with zero attached hydrogens (tertiary/aromatic N) is 5. The van der Waals surface area contributed by atoms with Crippen LogP contribution < -0.4 is 4.90 Å². The van der Waals surface area contributed by atoms with Gasteiger partial charge >= 0.3 is 0 Å². The van der Waals surface area contributed by atoms with Crippen LogP contribution in [0.3, 0.4) is 0 Å². The number of nitrogens with one attached hydrogen (secondary N) is 1. The van der Waals surface area contributed by atoms with Crippen molar-refractivity contribution in [2.75, 3.05) is 18.5 Å². The zero-order chi connectivity index (χ0) is 19.2. The molecule has 0 fully saturated rings. The average Bonchev–Trinajstić information content (AvgIpc) is 3.05. The zero-order valence-electron chi connectivity index (χ0n) is 15.3. The van der Waals surface area contributed by atoms with Gasteiger partial charge in [0.15, 0.2) is 5.82 Å². The van der Waals surface area contributed by atoms with Gasteiger partial charge < -0.3 is 4.90 Å². The van der Waals surface area contributed by atoms with Gasteiger partial charge in [-0.1, -0.05) is 36.4 Å². The first-order chi connectivity index (χ1) is 13.1. The van der Waals surface area contributed by atoms with E-state index in [0.717, 1.165) is 22.4 Å². The van der Waals surface area contributed by atoms with Crippen molar-refractivity contribution in [3.8, 4) is 17.5 Å². The summed E-state index contributed by atoms with van der Waals surface area (Å²) < 4.78 is 2.07. The van der Waals surface area contributed by atoms with E-state index in [1.54, 1.807) is 10.9 Å². The van der Waals surface area contributed by atoms with Crippen molar-refractivity contribution >= 4 is 24.1 Å². The highest BCUT2D eigenvalue weighted by Crippen LogP contribution is 2.21. The molecule has 0 spiro atoms. The van der Waals surface area contributed by atoms with Crippen molar-refractivity contribution in [1.29, 1.82) is 5.26 Å². The predicted octanol–water partition coefficient (Wildman–Crippen LogP) is 4.15. The Morgan fingerprint density at radius 3 is 2.70 bits per heavy atom. The van der Waals surface area contributed by atoms with E-state index in [9.17, 15) is 0 Å². The summed E-state index contributed by atoms with van der Waals surface area (Å²) in [5.74, 6) is 0.683. The first-order valence-electron chi connectivity index (χ1n) is 8.56. The lowest BCUT2D eigenvalue weighted by molar-refractivity contribution is 0.870. The summed E-state index contributed by atoms with van der Waals surface area (Å²) in [5.41, 5.74) is 4.10. The van der Waals surface area contributed by atoms with Crippen LogP contribution in [0.5, 0.6) is 0 Å². The van der Waals surface area contributed by atoms with Gasteiger partial charge in [0.05, 0.1) is 18.7 Å². The minimum absolute atomic E-state index is 0.442. The Labute approximate surface area is 163 Å². The monoisotopic (exact) mass is 376 g/mol. The fourth-order valence-corrected chi connectivity index (χ4v) is 2.86. The second-order valence-electron chi connectivity index (χ2n) is 6.14. The maximum absolute atomic E-state index is 8.70. The van der Waals surface area contributed by atoms with E-state index in [4.69, 9.17) is 17.5 Å². The molecule has 0 bridgehead atoms. The third kappa shape index (κ3) is 4.30. The number of hydrogen-bond acceptors (Lipinski definition) is 5. The number of benzene rings is 2. The van der Waals surface area contributed by atoms with E-state index in [1.165, 1.54) is 0 Å². The van der Waals surface area contributed by atoms with Gasteiger partial charge in [-0.25, -0.2) is 5.10 Å². The van der Waals surface area contributed by atoms with Crippen LogP contribution in [0.1, 0.15) is 17.5 Å². The van der Waals surface area contributed by atoms with Crippen LogP contribution in [-0.4, -0.2) is 34.7 Å². The number of aromatic nitrogens is 3. The summed E-state index contributed by atoms with van der Waals surface area (Å²) >= 11 is 5.33. The van der Waals surface area contributed by atoms with E-state index in [1.807, 2.05) is 67.4 Å². The SMILES string of the molecule is Cc1ccccc1-c1n[nH]c(=S)n1/N=C\c1ccc(N(C)CCC#N)cc1. The molecule has 0 aliphatic rings. The molecule has 1 aromatic heterocycles. The topological polar surface area (TPSA) is 73.0 Å². The molecule has 3 aromatic rings. The fourth-order valence-electron chi connectivity index (χ4n) is 2.68. The molecule has 0 atom stereocenters. The highest BCUT2D eigenvalue weighted by molar-refractivity contribution is 7.71. The van der Waals surface area contributed by atoms with Crippen LogP contribution in [0, 0.1) is 23.0 Å². The van der Waals surface area contributed by atoms with Gasteiger partial charge in [-0.05, 0) is 42.4 Å². The predicted molar refractivity (Wildman–Crippen MR) is 111 cm³/mol. The van der Waals surface area contributed by atoms with Gasteiger partial charge in [-0.3, -0.25) is 0 Å². The first kappa shape index (κ1) is 18.5. The van der Waals surface area contributed by atoms with Crippen molar-refractivity contribution in [1.82, 2.24) is 14.9 Å². The molecule has 0 radical (unpaired) electrons. The average molecular weight is 376 g/mol. The highest BCUT2D eigenvalue weighted by Gasteiger charge is 2.10. The number of hydrogen-bond donors (Lipinski definition) is 1. The lowest BCUT2D eigenvalue weighted by Crippen LogP contribution is -2.17. The van der Waals surface area contributed by atoms with E-state index in [0.29, 0.717) is 23.6 Å². The second-order valence-corrected chi connectivity index (χ2v) is 6.53. The Hall–Kier alpha value is -3.24. The molecule has 0 saturated carbocycles. The van der Waals surface area contributed by atoms with E-state index < -0.39 is 0 Å². The summed E-state index contributed by atoms with van der Waals surface area (Å²) in [7, 11) is 1.97. The van der Waals surface area contributed by atoms with Gasteiger partial charge in [-0.2, -0.15) is 20.1 Å². The maximum Gasteiger partial charge on any atom is 0.216 e. The molecule has 2 aromatic carbocycles. The molecule has 0 amide bonds. The molecule has 27 heavy (non-hydrogen) atoms. The number of rotatable bonds is 6. The van der Waals surface area contributed by atoms with Crippen molar-refractivity contribution in [2.45, 2.75) is 13.3 Å². The molecule has 6 nitrogen and oxygen atoms in total. The van der Waals surface area contributed by atoms with Crippen LogP contribution >= 0.6 is 12.2 Å². The summed E-state index contributed by atoms with van der Waals surface area (Å²) in [6.45, 7) is 2.73. The molecule has 0 aliphatic carbocycles. The molecule has 0 saturated heterocycles. The molecule has 1 N–H and O–H groups in total. The number of H-pyrrole nitrogens is 1. The third-order valence-corrected chi connectivity index (χ3v) is 4.52. The first-order valence-corrected chi connectivity index (χ1v) is 8.97. The number of anilines is 1. The maximum atomic E-state index is 8.70. The fraction of sp³-hybridized carbons (Fsp3) is 0.200. The lowest BCUT2D eigenvalue weighted by atomic mass is 10.1. The minimum atomic E-state index is 0.442. The van der Waals surface area contributed by atoms with Crippen LogP contribution in [0.25, 0.3) is 11.4 Å². The highest BCUT2D eigenvalue weighted by atomic mass is 32.1. The molecular formula is C20H20N6S. The minimum Gasteiger partial charge on any atom is -0.374 e. The molecule has 3 rings (SSSR count). The Morgan fingerprint density at radius 1 is 1.26 bits per heavy atom. The Morgan fingerprint density at radius 2 is 2.00 bits per heavy atom. The molecule has 7 heteroatoms. The summed E-state index contributed by atoms with van der Waals surface area (Å²) in [4.78, 5) is 2.05. The van der Waals surface area contributed by atoms with Crippen molar-refractivity contribution in [3.63, 3.8) is 0 Å². The largest absolute Gasteiger partial charge is 0.374 e. The van der Waals surface area contributed by atoms with Crippen molar-refractivity contribution in [2.24, 2.45) is 5.10 Å². The lowest BCUT2D eigenvalue weighted by Gasteiger charge is -2.17. The van der Waals surface area contributed by atoms with E-state index in [2.05, 4.69) is 21.4 Å². The summed E-state index contributed by atoms with van der Waals surface area (Å²) in [6, 6.07) is 18.1. The van der Waals surface area contributed by atoms with E-state index >= 15 is 0 Å². The molecule has 1 heterocycles. The van der Waals surface area contributed by atoms with Crippen molar-refractivity contribution < 1.29 is 0 Å². The Kier molecular flexibility index (Phi) is 5.79. The van der Waals surface area contributed by atoms with Crippen LogP contribution in [0.15, 0.2) is 53.6 Å². The van der Waals surface area contributed by atoms with Crippen molar-refractivity contribution in [3.05, 3.63) is 64.4 Å². The van der Waals surface area contributed by atoms with Gasteiger partial charge in [-0.15, -0.1) is 0 Å². The molecule has 0 unspecified atom stereocenters. The smallest absolute Gasteiger partial charge is 0.216 e. The molecule has 0 aliphatic heterocycles. The van der Waals surface area contributed by atoms with Gasteiger partial charge in [0.25, 0.3) is 0 Å². The number of aromatic amines is 1. The van der Waals surface area contributed by atoms with Gasteiger partial charge in [0, 0.05) is 24.8 Å². The quantitative estimate of drug-likeness (QED) is 0.518. The standard InChI is InChI=1S/C20H20N6S/c1-15-6-3-4-7-18(15)19-23-24-20(27)26(19)22-14-16-8-10-17(11-9-16)25(2)13-5-12-21/h3-4,6-11,14H,5,13H2,1-2H3,(H,24,27)/b22-14-. The summed E-state index contributed by atoms with van der Waals surface area (Å²) in [5, 5.41) is 20.3. The number of nitriles is 1. The van der Waals surface area contributed by atoms with Crippen LogP contribution in [0.2, 0.25) is 0 Å². The number of aryl methyl sites for hydroxylation is 1. The second kappa shape index (κ2) is 8.43. The van der Waals surface area contributed by atoms with Crippen LogP contribution in [-0.2, 0) is 0 Å². The Bertz CT molecular complexity index is 1040. The molecular weight excluding hydrogens is 356 g/mol. The molecule has 136 valence electrons. The third-order valence-electron chi connectivity index (χ3n) is 4.25. The van der Waals surface area contributed by atoms with Crippen LogP contribution in [0.4, 0.5) is 5.69 Å². The Balaban J connectivity index is 1.83. The van der Waals surface area contributed by atoms with E-state index in [-0.39, 0.29) is 0 Å².